The second-order valence-electron chi connectivity index (χ2n) is 3.33. The predicted molar refractivity (Wildman–Crippen MR) is 65.0 cm³/mol. The van der Waals surface area contributed by atoms with E-state index in [1.807, 2.05) is 12.1 Å². The lowest BCUT2D eigenvalue weighted by Gasteiger charge is -2.07. The van der Waals surface area contributed by atoms with Crippen LogP contribution in [0.2, 0.25) is 10.0 Å². The first-order chi connectivity index (χ1) is 6.65. The topological polar surface area (TPSA) is 0 Å². The lowest BCUT2D eigenvalue weighted by atomic mass is 10.0. The summed E-state index contributed by atoms with van der Waals surface area (Å²) in [5, 5.41) is 1.36. The van der Waals surface area contributed by atoms with E-state index in [1.165, 1.54) is 6.42 Å². The number of rotatable bonds is 4. The van der Waals surface area contributed by atoms with Crippen LogP contribution in [-0.2, 0) is 0 Å². The van der Waals surface area contributed by atoms with Gasteiger partial charge in [0, 0.05) is 10.0 Å². The summed E-state index contributed by atoms with van der Waals surface area (Å²) in [6.07, 6.45) is 3.32. The molecule has 0 spiro atoms. The van der Waals surface area contributed by atoms with E-state index in [-0.39, 0.29) is 0 Å². The van der Waals surface area contributed by atoms with Crippen molar-refractivity contribution in [2.75, 3.05) is 0 Å². The van der Waals surface area contributed by atoms with Crippen LogP contribution >= 0.6 is 23.2 Å². The van der Waals surface area contributed by atoms with Crippen molar-refractivity contribution in [3.63, 3.8) is 0 Å². The summed E-state index contributed by atoms with van der Waals surface area (Å²) in [4.78, 5) is 0. The minimum absolute atomic E-state index is 0.669. The van der Waals surface area contributed by atoms with Gasteiger partial charge in [0.1, 0.15) is 0 Å². The molecule has 76 valence electrons. The van der Waals surface area contributed by atoms with Crippen LogP contribution in [0.3, 0.4) is 0 Å². The summed E-state index contributed by atoms with van der Waals surface area (Å²) >= 11 is 11.9. The van der Waals surface area contributed by atoms with Crippen molar-refractivity contribution in [2.45, 2.75) is 26.2 Å². The van der Waals surface area contributed by atoms with Crippen molar-refractivity contribution in [2.24, 2.45) is 0 Å². The first-order valence-corrected chi connectivity index (χ1v) is 5.54. The summed E-state index contributed by atoms with van der Waals surface area (Å²) in [5.74, 6) is 0. The van der Waals surface area contributed by atoms with Crippen molar-refractivity contribution in [1.82, 2.24) is 0 Å². The molecule has 0 saturated heterocycles. The third-order valence-electron chi connectivity index (χ3n) is 2.14. The Kier molecular flexibility index (Phi) is 4.50. The van der Waals surface area contributed by atoms with Gasteiger partial charge in [0.25, 0.3) is 0 Å². The monoisotopic (exact) mass is 228 g/mol. The van der Waals surface area contributed by atoms with E-state index >= 15 is 0 Å². The molecule has 0 saturated carbocycles. The highest BCUT2D eigenvalue weighted by Gasteiger charge is 2.04. The SMILES string of the molecule is C=C(CCCC)c1ccc(Cl)cc1Cl. The standard InChI is InChI=1S/C12H14Cl2/c1-3-4-5-9(2)11-7-6-10(13)8-12(11)14/h6-8H,2-5H2,1H3. The van der Waals surface area contributed by atoms with Gasteiger partial charge in [-0.05, 0) is 36.1 Å². The van der Waals surface area contributed by atoms with E-state index in [1.54, 1.807) is 6.07 Å². The zero-order valence-electron chi connectivity index (χ0n) is 8.32. The fraction of sp³-hybridized carbons (Fsp3) is 0.333. The number of benzene rings is 1. The first kappa shape index (κ1) is 11.6. The summed E-state index contributed by atoms with van der Waals surface area (Å²) < 4.78 is 0. The molecule has 0 aliphatic carbocycles. The van der Waals surface area contributed by atoms with Gasteiger partial charge >= 0.3 is 0 Å². The van der Waals surface area contributed by atoms with Gasteiger partial charge in [-0.3, -0.25) is 0 Å². The molecule has 0 heterocycles. The lowest BCUT2D eigenvalue weighted by Crippen LogP contribution is -1.85. The second-order valence-corrected chi connectivity index (χ2v) is 4.17. The van der Waals surface area contributed by atoms with E-state index in [2.05, 4.69) is 13.5 Å². The van der Waals surface area contributed by atoms with Crippen molar-refractivity contribution < 1.29 is 0 Å². The molecule has 0 N–H and O–H groups in total. The Bertz CT molecular complexity index is 329. The summed E-state index contributed by atoms with van der Waals surface area (Å²) in [6.45, 7) is 6.19. The minimum atomic E-state index is 0.669. The molecule has 0 bridgehead atoms. The van der Waals surface area contributed by atoms with Crippen LogP contribution in [0.15, 0.2) is 24.8 Å². The molecule has 1 aromatic carbocycles. The molecular weight excluding hydrogens is 215 g/mol. The Balaban J connectivity index is 2.80. The van der Waals surface area contributed by atoms with Gasteiger partial charge in [0.15, 0.2) is 0 Å². The molecule has 1 rings (SSSR count). The van der Waals surface area contributed by atoms with E-state index in [4.69, 9.17) is 23.2 Å². The molecule has 0 fully saturated rings. The molecule has 0 amide bonds. The van der Waals surface area contributed by atoms with Crippen molar-refractivity contribution in [1.29, 1.82) is 0 Å². The fourth-order valence-corrected chi connectivity index (χ4v) is 1.84. The van der Waals surface area contributed by atoms with E-state index < -0.39 is 0 Å². The molecule has 0 unspecified atom stereocenters. The molecule has 0 aliphatic rings. The van der Waals surface area contributed by atoms with Gasteiger partial charge < -0.3 is 0 Å². The highest BCUT2D eigenvalue weighted by Crippen LogP contribution is 2.28. The molecule has 0 radical (unpaired) electrons. The maximum Gasteiger partial charge on any atom is 0.0495 e. The molecule has 1 aromatic rings. The van der Waals surface area contributed by atoms with Crippen LogP contribution in [-0.4, -0.2) is 0 Å². The van der Waals surface area contributed by atoms with Crippen LogP contribution in [0.25, 0.3) is 5.57 Å². The third kappa shape index (κ3) is 3.04. The molecule has 0 aromatic heterocycles. The van der Waals surface area contributed by atoms with Crippen molar-refractivity contribution >= 4 is 28.8 Å². The van der Waals surface area contributed by atoms with Crippen molar-refractivity contribution in [3.8, 4) is 0 Å². The van der Waals surface area contributed by atoms with Gasteiger partial charge in [-0.1, -0.05) is 49.2 Å². The van der Waals surface area contributed by atoms with Gasteiger partial charge in [-0.25, -0.2) is 0 Å². The van der Waals surface area contributed by atoms with Crippen LogP contribution in [0.4, 0.5) is 0 Å². The Morgan fingerprint density at radius 2 is 2.07 bits per heavy atom. The molecule has 14 heavy (non-hydrogen) atoms. The Morgan fingerprint density at radius 1 is 1.36 bits per heavy atom. The minimum Gasteiger partial charge on any atom is -0.0952 e. The molecule has 2 heteroatoms. The number of hydrogen-bond donors (Lipinski definition) is 0. The van der Waals surface area contributed by atoms with E-state index in [9.17, 15) is 0 Å². The average molecular weight is 229 g/mol. The van der Waals surface area contributed by atoms with Crippen LogP contribution < -0.4 is 0 Å². The molecule has 0 atom stereocenters. The number of halogens is 2. The first-order valence-electron chi connectivity index (χ1n) is 4.78. The van der Waals surface area contributed by atoms with Gasteiger partial charge in [-0.2, -0.15) is 0 Å². The van der Waals surface area contributed by atoms with E-state index in [0.717, 1.165) is 24.0 Å². The number of hydrogen-bond acceptors (Lipinski definition) is 0. The Morgan fingerprint density at radius 3 is 2.64 bits per heavy atom. The summed E-state index contributed by atoms with van der Waals surface area (Å²) in [6, 6.07) is 5.54. The maximum atomic E-state index is 6.06. The Hall–Kier alpha value is -0.460. The molecule has 0 nitrogen and oxygen atoms in total. The van der Waals surface area contributed by atoms with Crippen LogP contribution in [0, 0.1) is 0 Å². The predicted octanol–water partition coefficient (Wildman–Crippen LogP) is 5.20. The van der Waals surface area contributed by atoms with E-state index in [0.29, 0.717) is 10.0 Å². The summed E-state index contributed by atoms with van der Waals surface area (Å²) in [5.41, 5.74) is 2.11. The highest BCUT2D eigenvalue weighted by atomic mass is 35.5. The zero-order valence-corrected chi connectivity index (χ0v) is 9.83. The number of allylic oxidation sites excluding steroid dienone is 1. The molecular formula is C12H14Cl2. The lowest BCUT2D eigenvalue weighted by molar-refractivity contribution is 0.825. The number of unbranched alkanes of at least 4 members (excludes halogenated alkanes) is 1. The average Bonchev–Trinajstić information content (AvgIpc) is 2.14. The van der Waals surface area contributed by atoms with Gasteiger partial charge in [-0.15, -0.1) is 0 Å². The largest absolute Gasteiger partial charge is 0.0952 e. The fourth-order valence-electron chi connectivity index (χ4n) is 1.30. The Labute approximate surface area is 95.5 Å². The van der Waals surface area contributed by atoms with Crippen molar-refractivity contribution in [3.05, 3.63) is 40.4 Å². The third-order valence-corrected chi connectivity index (χ3v) is 2.69. The van der Waals surface area contributed by atoms with Crippen LogP contribution in [0.5, 0.6) is 0 Å². The van der Waals surface area contributed by atoms with Gasteiger partial charge in [0.2, 0.25) is 0 Å². The normalized spacial score (nSPS) is 10.2. The molecule has 0 aliphatic heterocycles. The second kappa shape index (κ2) is 5.43. The quantitative estimate of drug-likeness (QED) is 0.665. The summed E-state index contributed by atoms with van der Waals surface area (Å²) in [7, 11) is 0. The zero-order chi connectivity index (χ0) is 10.6. The highest BCUT2D eigenvalue weighted by molar-refractivity contribution is 6.35. The maximum absolute atomic E-state index is 6.06. The van der Waals surface area contributed by atoms with Gasteiger partial charge in [0.05, 0.1) is 0 Å². The smallest absolute Gasteiger partial charge is 0.0495 e. The van der Waals surface area contributed by atoms with Crippen LogP contribution in [0.1, 0.15) is 31.7 Å².